The molecule has 2 saturated carbocycles. The van der Waals surface area contributed by atoms with Crippen molar-refractivity contribution in [1.29, 1.82) is 0 Å². The van der Waals surface area contributed by atoms with Gasteiger partial charge in [0.1, 0.15) is 11.4 Å². The van der Waals surface area contributed by atoms with E-state index in [0.717, 1.165) is 12.8 Å². The lowest BCUT2D eigenvalue weighted by molar-refractivity contribution is -0.132. The van der Waals surface area contributed by atoms with Crippen molar-refractivity contribution in [3.8, 4) is 17.2 Å². The first-order valence-corrected chi connectivity index (χ1v) is 13.3. The van der Waals surface area contributed by atoms with E-state index in [1.807, 2.05) is 0 Å². The van der Waals surface area contributed by atoms with Crippen LogP contribution < -0.4 is 4.74 Å². The van der Waals surface area contributed by atoms with Crippen LogP contribution in [-0.4, -0.2) is 21.6 Å². The lowest BCUT2D eigenvalue weighted by atomic mass is 9.53. The first kappa shape index (κ1) is 24.4. The van der Waals surface area contributed by atoms with Crippen molar-refractivity contribution in [3.05, 3.63) is 17.7 Å². The minimum absolute atomic E-state index is 0.0491. The van der Waals surface area contributed by atoms with Crippen LogP contribution in [-0.2, 0) is 0 Å². The zero-order chi connectivity index (χ0) is 24.1. The smallest absolute Gasteiger partial charge is 0.170 e. The van der Waals surface area contributed by atoms with Crippen LogP contribution in [0.15, 0.2) is 12.1 Å². The fourth-order valence-corrected chi connectivity index (χ4v) is 7.66. The minimum atomic E-state index is -0.555. The third-order valence-electron chi connectivity index (χ3n) is 9.41. The molecule has 33 heavy (non-hydrogen) atoms. The van der Waals surface area contributed by atoms with Crippen LogP contribution in [0.25, 0.3) is 0 Å². The van der Waals surface area contributed by atoms with Gasteiger partial charge in [0, 0.05) is 17.9 Å². The SMILES string of the molecule is CC1CCC(C(C)C)C(C2(C3CC(C)CCC3C(C)C)CC(=O)c3cc(O)c(O)cc3O2)C1. The number of phenolic OH excluding ortho intramolecular Hbond substituents is 2. The summed E-state index contributed by atoms with van der Waals surface area (Å²) in [6.45, 7) is 14.0. The molecule has 4 nitrogen and oxygen atoms in total. The number of benzene rings is 1. The van der Waals surface area contributed by atoms with Crippen molar-refractivity contribution in [1.82, 2.24) is 0 Å². The van der Waals surface area contributed by atoms with E-state index in [2.05, 4.69) is 41.5 Å². The summed E-state index contributed by atoms with van der Waals surface area (Å²) in [5, 5.41) is 20.3. The maximum atomic E-state index is 13.7. The van der Waals surface area contributed by atoms with E-state index < -0.39 is 5.60 Å². The molecule has 2 aliphatic carbocycles. The zero-order valence-corrected chi connectivity index (χ0v) is 21.4. The summed E-state index contributed by atoms with van der Waals surface area (Å²) in [6.07, 6.45) is 7.41. The second-order valence-electron chi connectivity index (χ2n) is 12.4. The van der Waals surface area contributed by atoms with E-state index in [9.17, 15) is 15.0 Å². The second kappa shape index (κ2) is 9.15. The van der Waals surface area contributed by atoms with Gasteiger partial charge in [-0.25, -0.2) is 0 Å². The molecule has 3 aliphatic rings. The van der Waals surface area contributed by atoms with Crippen molar-refractivity contribution >= 4 is 5.78 Å². The zero-order valence-electron chi connectivity index (χ0n) is 21.4. The summed E-state index contributed by atoms with van der Waals surface area (Å²) in [7, 11) is 0. The number of hydrogen-bond acceptors (Lipinski definition) is 4. The monoisotopic (exact) mass is 456 g/mol. The number of Topliss-reactive ketones (excluding diaryl/α,β-unsaturated/α-hetero) is 1. The summed E-state index contributed by atoms with van der Waals surface area (Å²) in [4.78, 5) is 13.7. The van der Waals surface area contributed by atoms with Crippen LogP contribution in [0.4, 0.5) is 0 Å². The van der Waals surface area contributed by atoms with Gasteiger partial charge in [0.05, 0.1) is 12.0 Å². The first-order valence-electron chi connectivity index (χ1n) is 13.3. The number of ketones is 1. The summed E-state index contributed by atoms with van der Waals surface area (Å²) >= 11 is 0. The standard InChI is InChI=1S/C29H44O4/c1-16(2)20-9-7-18(5)11-23(20)29(24-12-19(6)8-10-21(24)17(3)4)15-27(32)22-13-25(30)26(31)14-28(22)33-29/h13-14,16-21,23-24,30-31H,7-12,15H2,1-6H3. The molecule has 2 N–H and O–H groups in total. The maximum absolute atomic E-state index is 13.7. The molecule has 0 spiro atoms. The van der Waals surface area contributed by atoms with Crippen LogP contribution in [0.2, 0.25) is 0 Å². The van der Waals surface area contributed by atoms with Gasteiger partial charge in [0.2, 0.25) is 0 Å². The highest BCUT2D eigenvalue weighted by Gasteiger charge is 2.58. The Bertz CT molecular complexity index is 841. The normalized spacial score (nSPS) is 37.2. The number of rotatable bonds is 4. The van der Waals surface area contributed by atoms with Gasteiger partial charge < -0.3 is 14.9 Å². The number of carbonyl (C=O) groups excluding carboxylic acids is 1. The van der Waals surface area contributed by atoms with E-state index in [1.54, 1.807) is 0 Å². The van der Waals surface area contributed by atoms with Crippen molar-refractivity contribution < 1.29 is 19.7 Å². The average Bonchev–Trinajstić information content (AvgIpc) is 2.74. The fraction of sp³-hybridized carbons (Fsp3) is 0.759. The molecule has 0 radical (unpaired) electrons. The predicted octanol–water partition coefficient (Wildman–Crippen LogP) is 7.22. The second-order valence-corrected chi connectivity index (χ2v) is 12.4. The highest BCUT2D eigenvalue weighted by Crippen LogP contribution is 2.57. The maximum Gasteiger partial charge on any atom is 0.170 e. The van der Waals surface area contributed by atoms with E-state index in [4.69, 9.17) is 4.74 Å². The fourth-order valence-electron chi connectivity index (χ4n) is 7.66. The molecule has 1 heterocycles. The number of phenols is 2. The van der Waals surface area contributed by atoms with Crippen LogP contribution in [0.5, 0.6) is 17.2 Å². The molecular weight excluding hydrogens is 412 g/mol. The van der Waals surface area contributed by atoms with Gasteiger partial charge in [-0.1, -0.05) is 54.4 Å². The Kier molecular flexibility index (Phi) is 6.77. The topological polar surface area (TPSA) is 66.8 Å². The van der Waals surface area contributed by atoms with Gasteiger partial charge in [-0.2, -0.15) is 0 Å². The quantitative estimate of drug-likeness (QED) is 0.469. The first-order chi connectivity index (χ1) is 15.5. The number of hydrogen-bond donors (Lipinski definition) is 2. The molecular formula is C29H44O4. The predicted molar refractivity (Wildman–Crippen MR) is 132 cm³/mol. The highest BCUT2D eigenvalue weighted by atomic mass is 16.5. The molecule has 4 heteroatoms. The van der Waals surface area contributed by atoms with E-state index >= 15 is 0 Å². The highest BCUT2D eigenvalue weighted by molar-refractivity contribution is 6.01. The molecule has 0 amide bonds. The molecule has 0 aromatic heterocycles. The van der Waals surface area contributed by atoms with E-state index in [-0.39, 0.29) is 17.3 Å². The molecule has 2 fully saturated rings. The third-order valence-corrected chi connectivity index (χ3v) is 9.41. The van der Waals surface area contributed by atoms with E-state index in [0.29, 0.717) is 65.1 Å². The van der Waals surface area contributed by atoms with Gasteiger partial charge >= 0.3 is 0 Å². The van der Waals surface area contributed by atoms with Crippen molar-refractivity contribution in [2.24, 2.45) is 47.3 Å². The van der Waals surface area contributed by atoms with Gasteiger partial charge in [-0.05, 0) is 67.3 Å². The largest absolute Gasteiger partial charge is 0.504 e. The lowest BCUT2D eigenvalue weighted by Gasteiger charge is -2.57. The van der Waals surface area contributed by atoms with Crippen LogP contribution in [0.3, 0.4) is 0 Å². The van der Waals surface area contributed by atoms with Crippen LogP contribution in [0.1, 0.15) is 96.8 Å². The number of carbonyl (C=O) groups is 1. The Hall–Kier alpha value is -1.71. The Morgan fingerprint density at radius 1 is 0.848 bits per heavy atom. The van der Waals surface area contributed by atoms with Crippen molar-refractivity contribution in [2.45, 2.75) is 92.1 Å². The number of fused-ring (bicyclic) bond motifs is 1. The van der Waals surface area contributed by atoms with Gasteiger partial charge in [-0.3, -0.25) is 4.79 Å². The van der Waals surface area contributed by atoms with Crippen molar-refractivity contribution in [2.75, 3.05) is 0 Å². The minimum Gasteiger partial charge on any atom is -0.504 e. The van der Waals surface area contributed by atoms with Crippen molar-refractivity contribution in [3.63, 3.8) is 0 Å². The number of ether oxygens (including phenoxy) is 1. The summed E-state index contributed by atoms with van der Waals surface area (Å²) in [5.74, 6) is 4.01. The Morgan fingerprint density at radius 3 is 1.82 bits per heavy atom. The average molecular weight is 457 g/mol. The molecule has 6 unspecified atom stereocenters. The molecule has 184 valence electrons. The molecule has 0 saturated heterocycles. The summed E-state index contributed by atoms with van der Waals surface area (Å²) < 4.78 is 7.07. The lowest BCUT2D eigenvalue weighted by Crippen LogP contribution is -2.60. The van der Waals surface area contributed by atoms with E-state index in [1.165, 1.54) is 37.8 Å². The Balaban J connectivity index is 1.89. The van der Waals surface area contributed by atoms with Gasteiger partial charge in [-0.15, -0.1) is 0 Å². The van der Waals surface area contributed by atoms with Crippen LogP contribution >= 0.6 is 0 Å². The van der Waals surface area contributed by atoms with Crippen LogP contribution in [0, 0.1) is 47.3 Å². The molecule has 1 aromatic rings. The molecule has 4 rings (SSSR count). The van der Waals surface area contributed by atoms with Gasteiger partial charge in [0.15, 0.2) is 17.3 Å². The molecule has 1 aliphatic heterocycles. The Labute approximate surface area is 200 Å². The van der Waals surface area contributed by atoms with Gasteiger partial charge in [0.25, 0.3) is 0 Å². The summed E-state index contributed by atoms with van der Waals surface area (Å²) in [6, 6.07) is 2.87. The molecule has 6 atom stereocenters. The molecule has 1 aromatic carbocycles. The summed E-state index contributed by atoms with van der Waals surface area (Å²) in [5.41, 5.74) is -0.142. The third kappa shape index (κ3) is 4.39. The molecule has 0 bridgehead atoms. The number of aromatic hydroxyl groups is 2. The Morgan fingerprint density at radius 2 is 1.33 bits per heavy atom.